The van der Waals surface area contributed by atoms with Crippen LogP contribution < -0.4 is 24.8 Å². The van der Waals surface area contributed by atoms with Crippen molar-refractivity contribution in [1.29, 1.82) is 0 Å². The Morgan fingerprint density at radius 1 is 1.07 bits per heavy atom. The number of carbonyl (C=O) groups is 1. The fourth-order valence-corrected chi connectivity index (χ4v) is 5.33. The van der Waals surface area contributed by atoms with Crippen LogP contribution >= 0.6 is 11.3 Å². The minimum atomic E-state index is -0.351. The average molecular weight is 388 g/mol. The lowest BCUT2D eigenvalue weighted by molar-refractivity contribution is 0.0935. The smallest absolute Gasteiger partial charge is 0.256 e. The number of methoxy groups -OCH3 is 3. The maximum atomic E-state index is 12.9. The van der Waals surface area contributed by atoms with Gasteiger partial charge in [0.2, 0.25) is 5.75 Å². The van der Waals surface area contributed by atoms with Crippen LogP contribution in [0.2, 0.25) is 0 Å². The zero-order valence-corrected chi connectivity index (χ0v) is 16.8. The standard InChI is InChI=1S/C20H24N2O4S/c1-10-5-6-12-15(7-10)27-20-16(12)19(23)21-18(22-20)11-8-13(24-2)17(26-4)14(9-11)25-3/h8-10,18,22H,5-7H2,1-4H3,(H,21,23)/t10-,18+/m1/s1. The van der Waals surface area contributed by atoms with E-state index in [1.165, 1.54) is 10.4 Å². The predicted molar refractivity (Wildman–Crippen MR) is 105 cm³/mol. The summed E-state index contributed by atoms with van der Waals surface area (Å²) in [7, 11) is 4.74. The van der Waals surface area contributed by atoms with Crippen molar-refractivity contribution in [3.05, 3.63) is 33.7 Å². The van der Waals surface area contributed by atoms with Gasteiger partial charge in [-0.3, -0.25) is 4.79 Å². The molecule has 0 saturated heterocycles. The predicted octanol–water partition coefficient (Wildman–Crippen LogP) is 3.75. The van der Waals surface area contributed by atoms with Crippen LogP contribution in [0.4, 0.5) is 5.00 Å². The van der Waals surface area contributed by atoms with Crippen LogP contribution in [0.15, 0.2) is 12.1 Å². The van der Waals surface area contributed by atoms with E-state index in [9.17, 15) is 4.79 Å². The monoisotopic (exact) mass is 388 g/mol. The van der Waals surface area contributed by atoms with E-state index < -0.39 is 0 Å². The van der Waals surface area contributed by atoms with Gasteiger partial charge in [0, 0.05) is 10.4 Å². The van der Waals surface area contributed by atoms with Crippen molar-refractivity contribution >= 4 is 22.2 Å². The van der Waals surface area contributed by atoms with Crippen LogP contribution in [0.1, 0.15) is 45.9 Å². The van der Waals surface area contributed by atoms with Gasteiger partial charge in [-0.25, -0.2) is 0 Å². The molecule has 2 heterocycles. The normalized spacial score (nSPS) is 20.8. The summed E-state index contributed by atoms with van der Waals surface area (Å²) in [5, 5.41) is 7.53. The SMILES string of the molecule is COc1cc([C@H]2NC(=O)c3c(sc4c3CC[C@@H](C)C4)N2)cc(OC)c1OC. The molecule has 4 rings (SSSR count). The van der Waals surface area contributed by atoms with Gasteiger partial charge < -0.3 is 24.8 Å². The molecule has 0 unspecified atom stereocenters. The molecule has 7 heteroatoms. The lowest BCUT2D eigenvalue weighted by Crippen LogP contribution is -2.38. The Morgan fingerprint density at radius 3 is 2.41 bits per heavy atom. The summed E-state index contributed by atoms with van der Waals surface area (Å²) >= 11 is 1.71. The second-order valence-corrected chi connectivity index (χ2v) is 8.17. The number of thiophene rings is 1. The minimum Gasteiger partial charge on any atom is -0.493 e. The Kier molecular flexibility index (Phi) is 4.63. The first-order chi connectivity index (χ1) is 13.0. The number of rotatable bonds is 4. The second-order valence-electron chi connectivity index (χ2n) is 7.07. The number of fused-ring (bicyclic) bond motifs is 3. The van der Waals surface area contributed by atoms with Crippen molar-refractivity contribution in [1.82, 2.24) is 5.32 Å². The Morgan fingerprint density at radius 2 is 1.78 bits per heavy atom. The van der Waals surface area contributed by atoms with Gasteiger partial charge >= 0.3 is 0 Å². The quantitative estimate of drug-likeness (QED) is 0.835. The number of amides is 1. The molecule has 0 radical (unpaired) electrons. The van der Waals surface area contributed by atoms with E-state index in [1.807, 2.05) is 12.1 Å². The van der Waals surface area contributed by atoms with Gasteiger partial charge in [-0.2, -0.15) is 0 Å². The van der Waals surface area contributed by atoms with Crippen molar-refractivity contribution < 1.29 is 19.0 Å². The molecule has 0 spiro atoms. The average Bonchev–Trinajstić information content (AvgIpc) is 3.04. The number of nitrogens with one attached hydrogen (secondary N) is 2. The maximum absolute atomic E-state index is 12.9. The summed E-state index contributed by atoms with van der Waals surface area (Å²) < 4.78 is 16.3. The minimum absolute atomic E-state index is 0.0189. The molecule has 2 aliphatic rings. The van der Waals surface area contributed by atoms with Crippen LogP contribution in [-0.4, -0.2) is 27.2 Å². The van der Waals surface area contributed by atoms with Gasteiger partial charge in [-0.15, -0.1) is 11.3 Å². The molecule has 1 aliphatic heterocycles. The van der Waals surface area contributed by atoms with Crippen LogP contribution in [0.3, 0.4) is 0 Å². The molecule has 0 bridgehead atoms. The molecular formula is C20H24N2O4S. The highest BCUT2D eigenvalue weighted by Crippen LogP contribution is 2.44. The van der Waals surface area contributed by atoms with Crippen molar-refractivity contribution in [3.8, 4) is 17.2 Å². The third kappa shape index (κ3) is 3.00. The molecule has 2 atom stereocenters. The first kappa shape index (κ1) is 18.0. The third-order valence-electron chi connectivity index (χ3n) is 5.31. The topological polar surface area (TPSA) is 68.8 Å². The Labute approximate surface area is 162 Å². The molecular weight excluding hydrogens is 364 g/mol. The Bertz CT molecular complexity index is 867. The Hall–Kier alpha value is -2.41. The summed E-state index contributed by atoms with van der Waals surface area (Å²) in [6.45, 7) is 2.27. The van der Waals surface area contributed by atoms with Gasteiger partial charge in [0.1, 0.15) is 11.2 Å². The van der Waals surface area contributed by atoms with Crippen LogP contribution in [-0.2, 0) is 12.8 Å². The largest absolute Gasteiger partial charge is 0.493 e. The van der Waals surface area contributed by atoms with Crippen molar-refractivity contribution in [2.24, 2.45) is 5.92 Å². The molecule has 1 aromatic heterocycles. The van der Waals surface area contributed by atoms with Gasteiger partial charge in [0.15, 0.2) is 11.5 Å². The maximum Gasteiger partial charge on any atom is 0.256 e. The number of hydrogen-bond donors (Lipinski definition) is 2. The summed E-state index contributed by atoms with van der Waals surface area (Å²) in [6.07, 6.45) is 2.82. The number of carbonyl (C=O) groups excluding carboxylic acids is 1. The molecule has 0 fully saturated rings. The zero-order chi connectivity index (χ0) is 19.1. The first-order valence-electron chi connectivity index (χ1n) is 9.07. The van der Waals surface area contributed by atoms with Gasteiger partial charge in [0.05, 0.1) is 26.9 Å². The van der Waals surface area contributed by atoms with E-state index in [0.29, 0.717) is 23.2 Å². The summed E-state index contributed by atoms with van der Waals surface area (Å²) in [4.78, 5) is 14.2. The van der Waals surface area contributed by atoms with E-state index in [1.54, 1.807) is 32.7 Å². The number of hydrogen-bond acceptors (Lipinski definition) is 6. The Balaban J connectivity index is 1.71. The molecule has 2 N–H and O–H groups in total. The van der Waals surface area contributed by atoms with E-state index in [-0.39, 0.29) is 12.1 Å². The second kappa shape index (κ2) is 6.96. The number of benzene rings is 1. The van der Waals surface area contributed by atoms with Gasteiger partial charge in [0.25, 0.3) is 5.91 Å². The molecule has 1 aromatic carbocycles. The first-order valence-corrected chi connectivity index (χ1v) is 9.89. The summed E-state index contributed by atoms with van der Waals surface area (Å²) in [6, 6.07) is 3.72. The molecule has 1 aliphatic carbocycles. The number of anilines is 1. The van der Waals surface area contributed by atoms with Crippen LogP contribution in [0.5, 0.6) is 17.2 Å². The fourth-order valence-electron chi connectivity index (χ4n) is 3.90. The van der Waals surface area contributed by atoms with Crippen LogP contribution in [0.25, 0.3) is 0 Å². The lowest BCUT2D eigenvalue weighted by Gasteiger charge is -2.28. The zero-order valence-electron chi connectivity index (χ0n) is 16.0. The van der Waals surface area contributed by atoms with Crippen LogP contribution in [0, 0.1) is 5.92 Å². The van der Waals surface area contributed by atoms with E-state index >= 15 is 0 Å². The van der Waals surface area contributed by atoms with Crippen molar-refractivity contribution in [3.63, 3.8) is 0 Å². The molecule has 1 amide bonds. The molecule has 144 valence electrons. The van der Waals surface area contributed by atoms with Gasteiger partial charge in [-0.1, -0.05) is 6.92 Å². The highest BCUT2D eigenvalue weighted by atomic mass is 32.1. The molecule has 27 heavy (non-hydrogen) atoms. The number of ether oxygens (including phenoxy) is 3. The van der Waals surface area contributed by atoms with Crippen molar-refractivity contribution in [2.45, 2.75) is 32.4 Å². The highest BCUT2D eigenvalue weighted by molar-refractivity contribution is 7.16. The summed E-state index contributed by atoms with van der Waals surface area (Å²) in [5.41, 5.74) is 2.90. The third-order valence-corrected chi connectivity index (χ3v) is 6.50. The molecule has 0 saturated carbocycles. The van der Waals surface area contributed by atoms with Gasteiger partial charge in [-0.05, 0) is 42.9 Å². The van der Waals surface area contributed by atoms with E-state index in [4.69, 9.17) is 14.2 Å². The lowest BCUT2D eigenvalue weighted by atomic mass is 9.88. The molecule has 2 aromatic rings. The highest BCUT2D eigenvalue weighted by Gasteiger charge is 2.33. The van der Waals surface area contributed by atoms with Crippen molar-refractivity contribution in [2.75, 3.05) is 26.6 Å². The van der Waals surface area contributed by atoms with E-state index in [2.05, 4.69) is 17.6 Å². The van der Waals surface area contributed by atoms with E-state index in [0.717, 1.165) is 35.4 Å². The fraction of sp³-hybridized carbons (Fsp3) is 0.450. The summed E-state index contributed by atoms with van der Waals surface area (Å²) in [5.74, 6) is 2.31. The molecule has 6 nitrogen and oxygen atoms in total.